The highest BCUT2D eigenvalue weighted by atomic mass is 19.4. The molecule has 0 fully saturated rings. The van der Waals surface area contributed by atoms with Crippen LogP contribution in [0.4, 0.5) is 13.2 Å². The first-order valence-corrected chi connectivity index (χ1v) is 7.27. The Kier molecular flexibility index (Phi) is 4.19. The summed E-state index contributed by atoms with van der Waals surface area (Å²) in [5.74, 6) is 0. The van der Waals surface area contributed by atoms with Crippen molar-refractivity contribution in [3.63, 3.8) is 0 Å². The number of halogens is 3. The summed E-state index contributed by atoms with van der Waals surface area (Å²) >= 11 is 0. The first-order chi connectivity index (χ1) is 11.0. The van der Waals surface area contributed by atoms with Gasteiger partial charge in [0.05, 0.1) is 17.4 Å². The highest BCUT2D eigenvalue weighted by Gasteiger charge is 2.29. The van der Waals surface area contributed by atoms with Gasteiger partial charge in [0, 0.05) is 6.20 Å². The van der Waals surface area contributed by atoms with Crippen LogP contribution in [-0.4, -0.2) is 9.78 Å². The van der Waals surface area contributed by atoms with Crippen LogP contribution in [0, 0.1) is 0 Å². The largest absolute Gasteiger partial charge is 0.416 e. The molecule has 0 saturated heterocycles. The summed E-state index contributed by atoms with van der Waals surface area (Å²) in [6, 6.07) is 15.1. The predicted octanol–water partition coefficient (Wildman–Crippen LogP) is 4.68. The third-order valence-electron chi connectivity index (χ3n) is 3.64. The Bertz CT molecular complexity index is 759. The monoisotopic (exact) mass is 316 g/mol. The van der Waals surface area contributed by atoms with E-state index >= 15 is 0 Å². The minimum atomic E-state index is -4.32. The van der Waals surface area contributed by atoms with E-state index in [2.05, 4.69) is 17.2 Å². The van der Waals surface area contributed by atoms with Gasteiger partial charge in [0.25, 0.3) is 0 Å². The lowest BCUT2D eigenvalue weighted by Gasteiger charge is -2.07. The Morgan fingerprint density at radius 1 is 0.826 bits per heavy atom. The van der Waals surface area contributed by atoms with Gasteiger partial charge in [0.2, 0.25) is 0 Å². The van der Waals surface area contributed by atoms with E-state index < -0.39 is 11.7 Å². The van der Waals surface area contributed by atoms with Crippen molar-refractivity contribution in [2.45, 2.75) is 19.0 Å². The molecule has 0 bridgehead atoms. The van der Waals surface area contributed by atoms with E-state index in [4.69, 9.17) is 0 Å². The van der Waals surface area contributed by atoms with E-state index in [-0.39, 0.29) is 0 Å². The molecule has 1 aromatic heterocycles. The predicted molar refractivity (Wildman–Crippen MR) is 82.4 cm³/mol. The standard InChI is InChI=1S/C18H15F3N2/c19-18(20,21)16-8-10-17(11-9-16)23-13-15(12-22-23)7-6-14-4-2-1-3-5-14/h1-5,8-13H,6-7H2. The highest BCUT2D eigenvalue weighted by molar-refractivity contribution is 5.35. The van der Waals surface area contributed by atoms with Crippen LogP contribution in [0.15, 0.2) is 67.0 Å². The molecule has 5 heteroatoms. The van der Waals surface area contributed by atoms with Gasteiger partial charge in [0.1, 0.15) is 0 Å². The molecule has 0 radical (unpaired) electrons. The Hall–Kier alpha value is -2.56. The van der Waals surface area contributed by atoms with Gasteiger partial charge in [-0.2, -0.15) is 18.3 Å². The fourth-order valence-corrected chi connectivity index (χ4v) is 2.37. The SMILES string of the molecule is FC(F)(F)c1ccc(-n2cc(CCc3ccccc3)cn2)cc1. The van der Waals surface area contributed by atoms with Crippen molar-refractivity contribution < 1.29 is 13.2 Å². The molecule has 2 nitrogen and oxygen atoms in total. The molecule has 0 saturated carbocycles. The van der Waals surface area contributed by atoms with Crippen LogP contribution in [0.1, 0.15) is 16.7 Å². The zero-order chi connectivity index (χ0) is 16.3. The lowest BCUT2D eigenvalue weighted by Crippen LogP contribution is -2.05. The minimum Gasteiger partial charge on any atom is -0.241 e. The summed E-state index contributed by atoms with van der Waals surface area (Å²) in [5.41, 5.74) is 2.25. The van der Waals surface area contributed by atoms with Crippen LogP contribution >= 0.6 is 0 Å². The van der Waals surface area contributed by atoms with Gasteiger partial charge in [-0.3, -0.25) is 0 Å². The van der Waals surface area contributed by atoms with Crippen molar-refractivity contribution in [2.24, 2.45) is 0 Å². The maximum absolute atomic E-state index is 12.6. The molecule has 0 N–H and O–H groups in total. The lowest BCUT2D eigenvalue weighted by atomic mass is 10.1. The molecule has 2 aromatic carbocycles. The quantitative estimate of drug-likeness (QED) is 0.683. The fourth-order valence-electron chi connectivity index (χ4n) is 2.37. The van der Waals surface area contributed by atoms with Crippen LogP contribution < -0.4 is 0 Å². The molecular weight excluding hydrogens is 301 g/mol. The molecule has 0 atom stereocenters. The number of nitrogens with zero attached hydrogens (tertiary/aromatic N) is 2. The van der Waals surface area contributed by atoms with Crippen LogP contribution in [-0.2, 0) is 19.0 Å². The number of hydrogen-bond donors (Lipinski definition) is 0. The van der Waals surface area contributed by atoms with E-state index in [1.54, 1.807) is 10.9 Å². The van der Waals surface area contributed by atoms with Crippen LogP contribution in [0.3, 0.4) is 0 Å². The lowest BCUT2D eigenvalue weighted by molar-refractivity contribution is -0.137. The van der Waals surface area contributed by atoms with E-state index in [1.807, 2.05) is 24.4 Å². The van der Waals surface area contributed by atoms with Gasteiger partial charge >= 0.3 is 6.18 Å². The van der Waals surface area contributed by atoms with Gasteiger partial charge < -0.3 is 0 Å². The second-order valence-electron chi connectivity index (χ2n) is 5.32. The second kappa shape index (κ2) is 6.28. The molecule has 23 heavy (non-hydrogen) atoms. The van der Waals surface area contributed by atoms with E-state index in [0.717, 1.165) is 30.5 Å². The highest BCUT2D eigenvalue weighted by Crippen LogP contribution is 2.29. The normalized spacial score (nSPS) is 11.6. The van der Waals surface area contributed by atoms with Crippen molar-refractivity contribution >= 4 is 0 Å². The molecular formula is C18H15F3N2. The summed E-state index contributed by atoms with van der Waals surface area (Å²) in [5, 5.41) is 4.23. The molecule has 0 unspecified atom stereocenters. The van der Waals surface area contributed by atoms with Crippen molar-refractivity contribution in [3.05, 3.63) is 83.7 Å². The van der Waals surface area contributed by atoms with Gasteiger partial charge in [-0.25, -0.2) is 4.68 Å². The van der Waals surface area contributed by atoms with E-state index in [9.17, 15) is 13.2 Å². The minimum absolute atomic E-state index is 0.615. The number of hydrogen-bond acceptors (Lipinski definition) is 1. The van der Waals surface area contributed by atoms with Crippen LogP contribution in [0.2, 0.25) is 0 Å². The summed E-state index contributed by atoms with van der Waals surface area (Å²) in [6.45, 7) is 0. The third kappa shape index (κ3) is 3.80. The first kappa shape index (κ1) is 15.3. The maximum atomic E-state index is 12.6. The summed E-state index contributed by atoms with van der Waals surface area (Å²) in [6.07, 6.45) is 1.03. The van der Waals surface area contributed by atoms with Gasteiger partial charge in [-0.1, -0.05) is 30.3 Å². The molecule has 0 amide bonds. The van der Waals surface area contributed by atoms with Crippen molar-refractivity contribution in [2.75, 3.05) is 0 Å². The maximum Gasteiger partial charge on any atom is 0.416 e. The molecule has 1 heterocycles. The van der Waals surface area contributed by atoms with Gasteiger partial charge in [-0.05, 0) is 48.2 Å². The Morgan fingerprint density at radius 3 is 2.13 bits per heavy atom. The van der Waals surface area contributed by atoms with Crippen molar-refractivity contribution in [1.29, 1.82) is 0 Å². The number of alkyl halides is 3. The molecule has 118 valence electrons. The molecule has 3 aromatic rings. The van der Waals surface area contributed by atoms with E-state index in [0.29, 0.717) is 5.69 Å². The van der Waals surface area contributed by atoms with Gasteiger partial charge in [-0.15, -0.1) is 0 Å². The first-order valence-electron chi connectivity index (χ1n) is 7.27. The summed E-state index contributed by atoms with van der Waals surface area (Å²) in [7, 11) is 0. The second-order valence-corrected chi connectivity index (χ2v) is 5.32. The zero-order valence-corrected chi connectivity index (χ0v) is 12.3. The van der Waals surface area contributed by atoms with Gasteiger partial charge in [0.15, 0.2) is 0 Å². The van der Waals surface area contributed by atoms with Crippen LogP contribution in [0.25, 0.3) is 5.69 Å². The van der Waals surface area contributed by atoms with E-state index in [1.165, 1.54) is 17.7 Å². The summed E-state index contributed by atoms with van der Waals surface area (Å²) < 4.78 is 39.3. The Labute approximate surface area is 132 Å². The average Bonchev–Trinajstić information content (AvgIpc) is 3.02. The number of rotatable bonds is 4. The molecule has 0 aliphatic heterocycles. The van der Waals surface area contributed by atoms with Crippen LogP contribution in [0.5, 0.6) is 0 Å². The average molecular weight is 316 g/mol. The number of benzene rings is 2. The Morgan fingerprint density at radius 2 is 1.48 bits per heavy atom. The third-order valence-corrected chi connectivity index (χ3v) is 3.64. The smallest absolute Gasteiger partial charge is 0.241 e. The summed E-state index contributed by atoms with van der Waals surface area (Å²) in [4.78, 5) is 0. The zero-order valence-electron chi connectivity index (χ0n) is 12.3. The Balaban J connectivity index is 1.69. The number of aryl methyl sites for hydroxylation is 2. The van der Waals surface area contributed by atoms with Crippen molar-refractivity contribution in [3.8, 4) is 5.69 Å². The molecule has 0 aliphatic carbocycles. The topological polar surface area (TPSA) is 17.8 Å². The number of aromatic nitrogens is 2. The molecule has 3 rings (SSSR count). The molecule has 0 aliphatic rings. The van der Waals surface area contributed by atoms with Crippen molar-refractivity contribution in [1.82, 2.24) is 9.78 Å². The molecule has 0 spiro atoms. The fraction of sp³-hybridized carbons (Fsp3) is 0.167.